The summed E-state index contributed by atoms with van der Waals surface area (Å²) in [7, 11) is 1.71. The minimum absolute atomic E-state index is 0.00841. The summed E-state index contributed by atoms with van der Waals surface area (Å²) in [6.45, 7) is 1.37. The number of hydrogen-bond donors (Lipinski definition) is 0. The molecule has 0 saturated carbocycles. The largest absolute Gasteiger partial charge is 0.376 e. The highest BCUT2D eigenvalue weighted by Crippen LogP contribution is 2.31. The molecule has 2 bridgehead atoms. The van der Waals surface area contributed by atoms with E-state index in [4.69, 9.17) is 18.9 Å². The molecule has 0 amide bonds. The maximum atomic E-state index is 6.03. The Kier molecular flexibility index (Phi) is 3.99. The first-order chi connectivity index (χ1) is 8.86. The van der Waals surface area contributed by atoms with E-state index in [1.807, 2.05) is 0 Å². The number of allylic oxidation sites excluding steroid dienone is 1. The van der Waals surface area contributed by atoms with Gasteiger partial charge in [-0.1, -0.05) is 6.08 Å². The van der Waals surface area contributed by atoms with Crippen LogP contribution in [0.1, 0.15) is 32.1 Å². The molecular weight excluding hydrogens is 232 g/mol. The fraction of sp³-hybridized carbons (Fsp3) is 0.857. The van der Waals surface area contributed by atoms with Crippen molar-refractivity contribution in [2.75, 3.05) is 20.3 Å². The number of hydrogen-bond acceptors (Lipinski definition) is 4. The van der Waals surface area contributed by atoms with E-state index < -0.39 is 0 Å². The monoisotopic (exact) mass is 254 g/mol. The van der Waals surface area contributed by atoms with Crippen molar-refractivity contribution in [2.24, 2.45) is 0 Å². The number of rotatable bonds is 4. The van der Waals surface area contributed by atoms with Crippen molar-refractivity contribution in [1.82, 2.24) is 0 Å². The Bertz CT molecular complexity index is 315. The summed E-state index contributed by atoms with van der Waals surface area (Å²) >= 11 is 0. The molecule has 102 valence electrons. The molecule has 4 heteroatoms. The van der Waals surface area contributed by atoms with Crippen molar-refractivity contribution >= 4 is 0 Å². The molecule has 18 heavy (non-hydrogen) atoms. The van der Waals surface area contributed by atoms with Gasteiger partial charge < -0.3 is 18.9 Å². The molecule has 4 nitrogen and oxygen atoms in total. The molecule has 0 aromatic heterocycles. The van der Waals surface area contributed by atoms with Gasteiger partial charge in [0.15, 0.2) is 6.29 Å². The maximum Gasteiger partial charge on any atom is 0.184 e. The first-order valence-corrected chi connectivity index (χ1v) is 6.96. The predicted molar refractivity (Wildman–Crippen MR) is 66.3 cm³/mol. The van der Waals surface area contributed by atoms with Gasteiger partial charge in [-0.25, -0.2) is 0 Å². The van der Waals surface area contributed by atoms with Gasteiger partial charge in [0.2, 0.25) is 0 Å². The van der Waals surface area contributed by atoms with Gasteiger partial charge in [0.1, 0.15) is 12.2 Å². The minimum Gasteiger partial charge on any atom is -0.376 e. The molecule has 3 rings (SSSR count). The molecule has 0 aromatic rings. The molecule has 2 heterocycles. The molecule has 0 radical (unpaired) electrons. The molecule has 1 unspecified atom stereocenters. The second-order valence-corrected chi connectivity index (χ2v) is 5.34. The molecule has 0 spiro atoms. The molecule has 1 aliphatic carbocycles. The van der Waals surface area contributed by atoms with Gasteiger partial charge >= 0.3 is 0 Å². The molecule has 2 saturated heterocycles. The Hall–Kier alpha value is -0.420. The summed E-state index contributed by atoms with van der Waals surface area (Å²) in [6, 6.07) is 0. The average Bonchev–Trinajstić information content (AvgIpc) is 2.84. The van der Waals surface area contributed by atoms with Crippen LogP contribution < -0.4 is 0 Å². The third-order valence-electron chi connectivity index (χ3n) is 4.09. The van der Waals surface area contributed by atoms with Crippen molar-refractivity contribution in [3.63, 3.8) is 0 Å². The predicted octanol–water partition coefficient (Wildman–Crippen LogP) is 2.03. The summed E-state index contributed by atoms with van der Waals surface area (Å²) in [5.41, 5.74) is 1.44. The smallest absolute Gasteiger partial charge is 0.184 e. The van der Waals surface area contributed by atoms with Gasteiger partial charge in [-0.15, -0.1) is 0 Å². The van der Waals surface area contributed by atoms with Crippen LogP contribution in [0, 0.1) is 0 Å². The van der Waals surface area contributed by atoms with Crippen LogP contribution in [-0.4, -0.2) is 44.9 Å². The standard InChI is InChI=1S/C14H22O4/c1-15-12-7-11(13-9-17-14(12)18-13)16-8-10-5-3-2-4-6-10/h5,11-14H,2-4,6-9H2,1H3/t11-,12+,13+,14?/m0/s1. The highest BCUT2D eigenvalue weighted by atomic mass is 16.7. The zero-order valence-corrected chi connectivity index (χ0v) is 11.0. The van der Waals surface area contributed by atoms with Crippen molar-refractivity contribution in [2.45, 2.75) is 56.7 Å². The van der Waals surface area contributed by atoms with E-state index >= 15 is 0 Å². The molecule has 0 aromatic carbocycles. The second-order valence-electron chi connectivity index (χ2n) is 5.34. The quantitative estimate of drug-likeness (QED) is 0.719. The Balaban J connectivity index is 1.54. The SMILES string of the molecule is CO[C@@H]1C[C@H](OCC2=CCCCC2)[C@H]2COC1O2. The maximum absolute atomic E-state index is 6.03. The van der Waals surface area contributed by atoms with E-state index in [0.717, 1.165) is 13.0 Å². The van der Waals surface area contributed by atoms with Gasteiger partial charge in [-0.2, -0.15) is 0 Å². The minimum atomic E-state index is -0.186. The van der Waals surface area contributed by atoms with Crippen LogP contribution in [-0.2, 0) is 18.9 Å². The first kappa shape index (κ1) is 12.6. The van der Waals surface area contributed by atoms with E-state index in [1.54, 1.807) is 7.11 Å². The van der Waals surface area contributed by atoms with Crippen molar-refractivity contribution in [3.05, 3.63) is 11.6 Å². The third-order valence-corrected chi connectivity index (χ3v) is 4.09. The summed E-state index contributed by atoms with van der Waals surface area (Å²) in [5.74, 6) is 0. The highest BCUT2D eigenvalue weighted by Gasteiger charge is 2.44. The lowest BCUT2D eigenvalue weighted by Crippen LogP contribution is -2.44. The van der Waals surface area contributed by atoms with E-state index in [-0.39, 0.29) is 24.6 Å². The van der Waals surface area contributed by atoms with Gasteiger partial charge in [-0.05, 0) is 31.3 Å². The van der Waals surface area contributed by atoms with Gasteiger partial charge in [0, 0.05) is 13.5 Å². The summed E-state index contributed by atoms with van der Waals surface area (Å²) < 4.78 is 22.8. The van der Waals surface area contributed by atoms with Crippen molar-refractivity contribution in [1.29, 1.82) is 0 Å². The van der Waals surface area contributed by atoms with Crippen LogP contribution in [0.2, 0.25) is 0 Å². The zero-order chi connectivity index (χ0) is 12.4. The molecule has 4 atom stereocenters. The van der Waals surface area contributed by atoms with E-state index in [9.17, 15) is 0 Å². The van der Waals surface area contributed by atoms with Crippen LogP contribution in [0.5, 0.6) is 0 Å². The molecule has 2 fully saturated rings. The lowest BCUT2D eigenvalue weighted by Gasteiger charge is -2.33. The number of methoxy groups -OCH3 is 1. The Labute approximate surface area is 108 Å². The summed E-state index contributed by atoms with van der Waals surface area (Å²) in [5, 5.41) is 0. The summed E-state index contributed by atoms with van der Waals surface area (Å²) in [6.07, 6.45) is 8.23. The second kappa shape index (κ2) is 5.70. The first-order valence-electron chi connectivity index (χ1n) is 6.96. The topological polar surface area (TPSA) is 36.9 Å². The highest BCUT2D eigenvalue weighted by molar-refractivity contribution is 5.05. The number of ether oxygens (including phenoxy) is 4. The fourth-order valence-electron chi connectivity index (χ4n) is 2.95. The van der Waals surface area contributed by atoms with Crippen LogP contribution in [0.4, 0.5) is 0 Å². The Morgan fingerprint density at radius 1 is 1.33 bits per heavy atom. The van der Waals surface area contributed by atoms with Gasteiger partial charge in [-0.3, -0.25) is 0 Å². The molecule has 0 N–H and O–H groups in total. The fourth-order valence-corrected chi connectivity index (χ4v) is 2.95. The normalized spacial score (nSPS) is 39.7. The molecular formula is C14H22O4. The van der Waals surface area contributed by atoms with E-state index in [2.05, 4.69) is 6.08 Å². The zero-order valence-electron chi connectivity index (χ0n) is 11.0. The van der Waals surface area contributed by atoms with Crippen LogP contribution in [0.25, 0.3) is 0 Å². The third kappa shape index (κ3) is 2.62. The van der Waals surface area contributed by atoms with Crippen LogP contribution in [0.15, 0.2) is 11.6 Å². The van der Waals surface area contributed by atoms with Crippen molar-refractivity contribution in [3.8, 4) is 0 Å². The van der Waals surface area contributed by atoms with Crippen molar-refractivity contribution < 1.29 is 18.9 Å². The molecule has 3 aliphatic rings. The average molecular weight is 254 g/mol. The Morgan fingerprint density at radius 3 is 3.06 bits per heavy atom. The molecule has 2 aliphatic heterocycles. The Morgan fingerprint density at radius 2 is 2.28 bits per heavy atom. The van der Waals surface area contributed by atoms with Crippen LogP contribution >= 0.6 is 0 Å². The number of fused-ring (bicyclic) bond motifs is 2. The van der Waals surface area contributed by atoms with E-state index in [1.165, 1.54) is 31.3 Å². The lowest BCUT2D eigenvalue weighted by atomic mass is 10.00. The summed E-state index contributed by atoms with van der Waals surface area (Å²) in [4.78, 5) is 0. The van der Waals surface area contributed by atoms with E-state index in [0.29, 0.717) is 6.61 Å². The van der Waals surface area contributed by atoms with Crippen LogP contribution in [0.3, 0.4) is 0 Å². The van der Waals surface area contributed by atoms with Gasteiger partial charge in [0.25, 0.3) is 0 Å². The van der Waals surface area contributed by atoms with Gasteiger partial charge in [0.05, 0.1) is 19.3 Å². The lowest BCUT2D eigenvalue weighted by molar-refractivity contribution is -0.197.